The summed E-state index contributed by atoms with van der Waals surface area (Å²) in [6, 6.07) is 17.6. The second-order valence-electron chi connectivity index (χ2n) is 7.25. The van der Waals surface area contributed by atoms with Gasteiger partial charge >= 0.3 is 0 Å². The van der Waals surface area contributed by atoms with Crippen LogP contribution >= 0.6 is 0 Å². The SMILES string of the molecule is CC(C)c1ccc(N(CC(=O)Nc2ccc(F)c(F)c2)S(=O)(=O)c2ccccc2)cc1. The monoisotopic (exact) mass is 444 g/mol. The molecular formula is C23H22F2N2O3S. The number of hydrogen-bond donors (Lipinski definition) is 1. The summed E-state index contributed by atoms with van der Waals surface area (Å²) in [5, 5.41) is 2.41. The molecule has 0 saturated heterocycles. The molecule has 3 aromatic rings. The van der Waals surface area contributed by atoms with E-state index in [-0.39, 0.29) is 16.5 Å². The number of nitrogens with one attached hydrogen (secondary N) is 1. The van der Waals surface area contributed by atoms with Gasteiger partial charge in [0.1, 0.15) is 6.54 Å². The Bertz CT molecular complexity index is 1170. The van der Waals surface area contributed by atoms with Gasteiger partial charge in [-0.2, -0.15) is 0 Å². The molecule has 0 aliphatic heterocycles. The molecule has 0 aromatic heterocycles. The Labute approximate surface area is 180 Å². The van der Waals surface area contributed by atoms with Gasteiger partial charge in [0.05, 0.1) is 10.6 Å². The molecule has 0 radical (unpaired) electrons. The van der Waals surface area contributed by atoms with Gasteiger partial charge in [0, 0.05) is 11.8 Å². The zero-order valence-corrected chi connectivity index (χ0v) is 17.9. The largest absolute Gasteiger partial charge is 0.324 e. The predicted molar refractivity (Wildman–Crippen MR) is 116 cm³/mol. The van der Waals surface area contributed by atoms with E-state index in [0.29, 0.717) is 5.69 Å². The molecule has 0 fully saturated rings. The summed E-state index contributed by atoms with van der Waals surface area (Å²) < 4.78 is 54.1. The van der Waals surface area contributed by atoms with Crippen molar-refractivity contribution in [2.45, 2.75) is 24.7 Å². The molecule has 31 heavy (non-hydrogen) atoms. The number of carbonyl (C=O) groups is 1. The second-order valence-corrected chi connectivity index (χ2v) is 9.11. The molecule has 0 saturated carbocycles. The van der Waals surface area contributed by atoms with Crippen molar-refractivity contribution < 1.29 is 22.0 Å². The first-order valence-electron chi connectivity index (χ1n) is 9.61. The minimum atomic E-state index is -4.05. The number of anilines is 2. The Morgan fingerprint density at radius 2 is 1.58 bits per heavy atom. The predicted octanol–water partition coefficient (Wildman–Crippen LogP) is 4.92. The molecule has 8 heteroatoms. The topological polar surface area (TPSA) is 66.5 Å². The van der Waals surface area contributed by atoms with Crippen molar-refractivity contribution in [2.24, 2.45) is 0 Å². The molecule has 0 aliphatic rings. The fourth-order valence-electron chi connectivity index (χ4n) is 2.97. The van der Waals surface area contributed by atoms with Gasteiger partial charge in [-0.3, -0.25) is 9.10 Å². The van der Waals surface area contributed by atoms with Crippen molar-refractivity contribution in [3.05, 3.63) is 90.0 Å². The Morgan fingerprint density at radius 3 is 2.16 bits per heavy atom. The van der Waals surface area contributed by atoms with E-state index in [1.54, 1.807) is 42.5 Å². The average Bonchev–Trinajstić information content (AvgIpc) is 2.75. The highest BCUT2D eigenvalue weighted by Gasteiger charge is 2.27. The summed E-state index contributed by atoms with van der Waals surface area (Å²) in [6.45, 7) is 3.49. The van der Waals surface area contributed by atoms with Gasteiger partial charge in [0.25, 0.3) is 10.0 Å². The fraction of sp³-hybridized carbons (Fsp3) is 0.174. The summed E-state index contributed by atoms with van der Waals surface area (Å²) >= 11 is 0. The molecule has 0 bridgehead atoms. The lowest BCUT2D eigenvalue weighted by molar-refractivity contribution is -0.114. The molecule has 162 valence electrons. The highest BCUT2D eigenvalue weighted by molar-refractivity contribution is 7.92. The molecule has 0 aliphatic carbocycles. The number of benzene rings is 3. The number of amides is 1. The van der Waals surface area contributed by atoms with Gasteiger partial charge in [-0.15, -0.1) is 0 Å². The molecule has 3 aromatic carbocycles. The summed E-state index contributed by atoms with van der Waals surface area (Å²) in [6.07, 6.45) is 0. The Kier molecular flexibility index (Phi) is 6.70. The first-order valence-corrected chi connectivity index (χ1v) is 11.0. The maximum atomic E-state index is 13.4. The Balaban J connectivity index is 1.93. The van der Waals surface area contributed by atoms with Crippen molar-refractivity contribution in [1.29, 1.82) is 0 Å². The van der Waals surface area contributed by atoms with Crippen LogP contribution in [-0.4, -0.2) is 20.9 Å². The number of hydrogen-bond acceptors (Lipinski definition) is 3. The number of carbonyl (C=O) groups excluding carboxylic acids is 1. The zero-order valence-electron chi connectivity index (χ0n) is 17.0. The van der Waals surface area contributed by atoms with Crippen LogP contribution in [0.1, 0.15) is 25.3 Å². The maximum Gasteiger partial charge on any atom is 0.264 e. The van der Waals surface area contributed by atoms with Crippen LogP contribution in [-0.2, 0) is 14.8 Å². The fourth-order valence-corrected chi connectivity index (χ4v) is 4.41. The van der Waals surface area contributed by atoms with Crippen LogP contribution in [0.25, 0.3) is 0 Å². The molecule has 5 nitrogen and oxygen atoms in total. The van der Waals surface area contributed by atoms with Crippen molar-refractivity contribution in [2.75, 3.05) is 16.2 Å². The molecule has 3 rings (SSSR count). The van der Waals surface area contributed by atoms with Crippen LogP contribution in [0, 0.1) is 11.6 Å². The van der Waals surface area contributed by atoms with Crippen molar-refractivity contribution in [3.8, 4) is 0 Å². The second kappa shape index (κ2) is 9.26. The minimum absolute atomic E-state index is 0.0242. The molecule has 0 spiro atoms. The van der Waals surface area contributed by atoms with E-state index in [1.807, 2.05) is 13.8 Å². The van der Waals surface area contributed by atoms with E-state index < -0.39 is 34.1 Å². The molecule has 1 N–H and O–H groups in total. The number of rotatable bonds is 7. The molecule has 1 amide bonds. The number of sulfonamides is 1. The summed E-state index contributed by atoms with van der Waals surface area (Å²) in [4.78, 5) is 12.6. The van der Waals surface area contributed by atoms with Gasteiger partial charge in [0.2, 0.25) is 5.91 Å². The summed E-state index contributed by atoms with van der Waals surface area (Å²) in [5.74, 6) is -2.60. The quantitative estimate of drug-likeness (QED) is 0.562. The standard InChI is InChI=1S/C23H22F2N2O3S/c1-16(2)17-8-11-19(12-9-17)27(31(29,30)20-6-4-3-5-7-20)15-23(28)26-18-10-13-21(24)22(25)14-18/h3-14,16H,15H2,1-2H3,(H,26,28). The van der Waals surface area contributed by atoms with Crippen LogP contribution in [0.2, 0.25) is 0 Å². The normalized spacial score (nSPS) is 11.4. The van der Waals surface area contributed by atoms with E-state index in [4.69, 9.17) is 0 Å². The zero-order chi connectivity index (χ0) is 22.6. The third kappa shape index (κ3) is 5.27. The van der Waals surface area contributed by atoms with Crippen LogP contribution in [0.5, 0.6) is 0 Å². The first kappa shape index (κ1) is 22.4. The molecule has 0 unspecified atom stereocenters. The van der Waals surface area contributed by atoms with Gasteiger partial charge < -0.3 is 5.32 Å². The van der Waals surface area contributed by atoms with E-state index in [0.717, 1.165) is 22.0 Å². The van der Waals surface area contributed by atoms with E-state index in [2.05, 4.69) is 5.32 Å². The highest BCUT2D eigenvalue weighted by Crippen LogP contribution is 2.26. The number of nitrogens with zero attached hydrogens (tertiary/aromatic N) is 1. The Hall–Kier alpha value is -3.26. The third-order valence-electron chi connectivity index (χ3n) is 4.67. The summed E-state index contributed by atoms with van der Waals surface area (Å²) in [5.41, 5.74) is 1.36. The lowest BCUT2D eigenvalue weighted by Gasteiger charge is -2.24. The van der Waals surface area contributed by atoms with Crippen LogP contribution in [0.3, 0.4) is 0 Å². The van der Waals surface area contributed by atoms with Crippen molar-refractivity contribution in [3.63, 3.8) is 0 Å². The van der Waals surface area contributed by atoms with Crippen molar-refractivity contribution >= 4 is 27.3 Å². The minimum Gasteiger partial charge on any atom is -0.324 e. The van der Waals surface area contributed by atoms with Gasteiger partial charge in [0.15, 0.2) is 11.6 Å². The molecular weight excluding hydrogens is 422 g/mol. The Morgan fingerprint density at radius 1 is 0.935 bits per heavy atom. The third-order valence-corrected chi connectivity index (χ3v) is 6.46. The maximum absolute atomic E-state index is 13.4. The van der Waals surface area contributed by atoms with E-state index in [1.165, 1.54) is 18.2 Å². The summed E-state index contributed by atoms with van der Waals surface area (Å²) in [7, 11) is -4.05. The smallest absolute Gasteiger partial charge is 0.264 e. The van der Waals surface area contributed by atoms with Crippen molar-refractivity contribution in [1.82, 2.24) is 0 Å². The van der Waals surface area contributed by atoms with Gasteiger partial charge in [-0.25, -0.2) is 17.2 Å². The lowest BCUT2D eigenvalue weighted by Crippen LogP contribution is -2.38. The van der Waals surface area contributed by atoms with Crippen LogP contribution < -0.4 is 9.62 Å². The molecule has 0 atom stereocenters. The van der Waals surface area contributed by atoms with E-state index in [9.17, 15) is 22.0 Å². The number of halogens is 2. The highest BCUT2D eigenvalue weighted by atomic mass is 32.2. The first-order chi connectivity index (χ1) is 14.7. The average molecular weight is 445 g/mol. The van der Waals surface area contributed by atoms with Crippen LogP contribution in [0.4, 0.5) is 20.2 Å². The van der Waals surface area contributed by atoms with Gasteiger partial charge in [-0.05, 0) is 47.9 Å². The van der Waals surface area contributed by atoms with Crippen LogP contribution in [0.15, 0.2) is 77.7 Å². The van der Waals surface area contributed by atoms with Gasteiger partial charge in [-0.1, -0.05) is 44.2 Å². The molecule has 0 heterocycles. The van der Waals surface area contributed by atoms with E-state index >= 15 is 0 Å². The lowest BCUT2D eigenvalue weighted by atomic mass is 10.0.